The van der Waals surface area contributed by atoms with Crippen LogP contribution in [0.15, 0.2) is 12.7 Å². The minimum absolute atomic E-state index is 0.108. The summed E-state index contributed by atoms with van der Waals surface area (Å²) in [5.74, 6) is 0.233. The molecule has 1 unspecified atom stereocenters. The van der Waals surface area contributed by atoms with Crippen LogP contribution in [0, 0.1) is 0 Å². The molecule has 1 aliphatic carbocycles. The summed E-state index contributed by atoms with van der Waals surface area (Å²) in [6.07, 6.45) is 3.14. The van der Waals surface area contributed by atoms with Crippen LogP contribution in [-0.4, -0.2) is 18.5 Å². The first-order valence-corrected chi connectivity index (χ1v) is 3.10. The van der Waals surface area contributed by atoms with Crippen molar-refractivity contribution in [2.75, 3.05) is 6.61 Å². The molecule has 1 aliphatic rings. The quantitative estimate of drug-likeness (QED) is 0.525. The van der Waals surface area contributed by atoms with Gasteiger partial charge in [0.1, 0.15) is 6.10 Å². The van der Waals surface area contributed by atoms with Crippen LogP contribution in [0.5, 0.6) is 0 Å². The van der Waals surface area contributed by atoms with E-state index in [1.807, 2.05) is 0 Å². The zero-order valence-corrected chi connectivity index (χ0v) is 5.30. The van der Waals surface area contributed by atoms with Gasteiger partial charge in [-0.3, -0.25) is 4.79 Å². The average molecular weight is 126 g/mol. The zero-order chi connectivity index (χ0) is 6.69. The van der Waals surface area contributed by atoms with Crippen molar-refractivity contribution in [3.63, 3.8) is 0 Å². The molecule has 0 aromatic carbocycles. The number of carbonyl (C=O) groups excluding carboxylic acids is 1. The monoisotopic (exact) mass is 126 g/mol. The molecule has 0 saturated heterocycles. The summed E-state index contributed by atoms with van der Waals surface area (Å²) >= 11 is 0. The standard InChI is InChI=1S/C7H10O2/c1-2-5-9-7-4-3-6(7)8/h2,7H,1,3-5H2. The third-order valence-electron chi connectivity index (χ3n) is 1.43. The fourth-order valence-electron chi connectivity index (χ4n) is 0.741. The molecule has 50 valence electrons. The molecule has 2 nitrogen and oxygen atoms in total. The summed E-state index contributed by atoms with van der Waals surface area (Å²) in [5, 5.41) is 0. The van der Waals surface area contributed by atoms with Gasteiger partial charge in [-0.05, 0) is 6.42 Å². The Hall–Kier alpha value is -0.630. The number of ether oxygens (including phenoxy) is 1. The summed E-state index contributed by atoms with van der Waals surface area (Å²) in [7, 11) is 0. The van der Waals surface area contributed by atoms with Crippen molar-refractivity contribution in [3.8, 4) is 0 Å². The van der Waals surface area contributed by atoms with Gasteiger partial charge in [-0.15, -0.1) is 6.58 Å². The van der Waals surface area contributed by atoms with Crippen molar-refractivity contribution in [2.24, 2.45) is 0 Å². The van der Waals surface area contributed by atoms with Gasteiger partial charge < -0.3 is 4.74 Å². The van der Waals surface area contributed by atoms with Crippen molar-refractivity contribution in [1.82, 2.24) is 0 Å². The minimum atomic E-state index is -0.108. The van der Waals surface area contributed by atoms with Crippen LogP contribution in [0.2, 0.25) is 0 Å². The van der Waals surface area contributed by atoms with Gasteiger partial charge >= 0.3 is 0 Å². The molecule has 0 aromatic heterocycles. The Morgan fingerprint density at radius 1 is 1.89 bits per heavy atom. The second kappa shape index (κ2) is 2.78. The maximum atomic E-state index is 10.6. The fraction of sp³-hybridized carbons (Fsp3) is 0.571. The largest absolute Gasteiger partial charge is 0.366 e. The van der Waals surface area contributed by atoms with E-state index in [9.17, 15) is 4.79 Å². The van der Waals surface area contributed by atoms with Gasteiger partial charge in [0, 0.05) is 6.42 Å². The Balaban J connectivity index is 2.13. The Kier molecular flexibility index (Phi) is 2.01. The van der Waals surface area contributed by atoms with Crippen LogP contribution in [0.4, 0.5) is 0 Å². The highest BCUT2D eigenvalue weighted by molar-refractivity contribution is 5.88. The first kappa shape index (κ1) is 6.49. The molecule has 0 heterocycles. The number of hydrogen-bond acceptors (Lipinski definition) is 2. The average Bonchev–Trinajstić information content (AvgIpc) is 1.86. The maximum Gasteiger partial charge on any atom is 0.161 e. The van der Waals surface area contributed by atoms with Gasteiger partial charge in [-0.25, -0.2) is 0 Å². The van der Waals surface area contributed by atoms with Crippen molar-refractivity contribution < 1.29 is 9.53 Å². The molecule has 0 radical (unpaired) electrons. The lowest BCUT2D eigenvalue weighted by atomic mass is 9.94. The smallest absolute Gasteiger partial charge is 0.161 e. The van der Waals surface area contributed by atoms with Crippen LogP contribution >= 0.6 is 0 Å². The SMILES string of the molecule is C=CCOC1CCC1=O. The molecule has 1 atom stereocenters. The highest BCUT2D eigenvalue weighted by Crippen LogP contribution is 2.17. The van der Waals surface area contributed by atoms with Crippen molar-refractivity contribution in [1.29, 1.82) is 0 Å². The minimum Gasteiger partial charge on any atom is -0.366 e. The summed E-state index contributed by atoms with van der Waals surface area (Å²) in [6.45, 7) is 3.98. The molecule has 2 heteroatoms. The first-order valence-electron chi connectivity index (χ1n) is 3.10. The van der Waals surface area contributed by atoms with Crippen molar-refractivity contribution >= 4 is 5.78 Å². The summed E-state index contributed by atoms with van der Waals surface area (Å²) in [6, 6.07) is 0. The molecule has 0 aliphatic heterocycles. The van der Waals surface area contributed by atoms with Crippen LogP contribution in [-0.2, 0) is 9.53 Å². The third-order valence-corrected chi connectivity index (χ3v) is 1.43. The number of ketones is 1. The van der Waals surface area contributed by atoms with Gasteiger partial charge in [-0.1, -0.05) is 6.08 Å². The van der Waals surface area contributed by atoms with Gasteiger partial charge in [0.25, 0.3) is 0 Å². The first-order chi connectivity index (χ1) is 4.34. The van der Waals surface area contributed by atoms with E-state index in [0.717, 1.165) is 6.42 Å². The van der Waals surface area contributed by atoms with E-state index in [1.54, 1.807) is 6.08 Å². The lowest BCUT2D eigenvalue weighted by Gasteiger charge is -2.22. The van der Waals surface area contributed by atoms with Crippen molar-refractivity contribution in [3.05, 3.63) is 12.7 Å². The van der Waals surface area contributed by atoms with E-state index in [2.05, 4.69) is 6.58 Å². The highest BCUT2D eigenvalue weighted by Gasteiger charge is 2.27. The Morgan fingerprint density at radius 3 is 3.00 bits per heavy atom. The second-order valence-corrected chi connectivity index (χ2v) is 2.12. The molecule has 1 fully saturated rings. The van der Waals surface area contributed by atoms with E-state index in [-0.39, 0.29) is 11.9 Å². The molecule has 0 N–H and O–H groups in total. The van der Waals surface area contributed by atoms with Crippen molar-refractivity contribution in [2.45, 2.75) is 18.9 Å². The van der Waals surface area contributed by atoms with E-state index < -0.39 is 0 Å². The fourth-order valence-corrected chi connectivity index (χ4v) is 0.741. The molecule has 0 spiro atoms. The predicted molar refractivity (Wildman–Crippen MR) is 34.2 cm³/mol. The topological polar surface area (TPSA) is 26.3 Å². The normalized spacial score (nSPS) is 25.3. The Bertz CT molecular complexity index is 129. The number of rotatable bonds is 3. The Labute approximate surface area is 54.5 Å². The number of hydrogen-bond donors (Lipinski definition) is 0. The molecule has 0 amide bonds. The lowest BCUT2D eigenvalue weighted by Crippen LogP contribution is -2.34. The molecular formula is C7H10O2. The third kappa shape index (κ3) is 1.39. The molecular weight excluding hydrogens is 116 g/mol. The zero-order valence-electron chi connectivity index (χ0n) is 5.30. The van der Waals surface area contributed by atoms with Crippen LogP contribution in [0.3, 0.4) is 0 Å². The Morgan fingerprint density at radius 2 is 2.67 bits per heavy atom. The van der Waals surface area contributed by atoms with Crippen LogP contribution in [0.25, 0.3) is 0 Å². The predicted octanol–water partition coefficient (Wildman–Crippen LogP) is 0.920. The summed E-state index contributed by atoms with van der Waals surface area (Å²) in [4.78, 5) is 10.6. The highest BCUT2D eigenvalue weighted by atomic mass is 16.5. The van der Waals surface area contributed by atoms with Gasteiger partial charge in [0.05, 0.1) is 6.61 Å². The maximum absolute atomic E-state index is 10.6. The molecule has 9 heavy (non-hydrogen) atoms. The second-order valence-electron chi connectivity index (χ2n) is 2.12. The van der Waals surface area contributed by atoms with E-state index in [4.69, 9.17) is 4.74 Å². The van der Waals surface area contributed by atoms with E-state index in [0.29, 0.717) is 13.0 Å². The van der Waals surface area contributed by atoms with E-state index >= 15 is 0 Å². The summed E-state index contributed by atoms with van der Waals surface area (Å²) in [5.41, 5.74) is 0. The van der Waals surface area contributed by atoms with Gasteiger partial charge in [-0.2, -0.15) is 0 Å². The van der Waals surface area contributed by atoms with Gasteiger partial charge in [0.15, 0.2) is 5.78 Å². The van der Waals surface area contributed by atoms with Crippen LogP contribution < -0.4 is 0 Å². The van der Waals surface area contributed by atoms with Gasteiger partial charge in [0.2, 0.25) is 0 Å². The van der Waals surface area contributed by atoms with E-state index in [1.165, 1.54) is 0 Å². The molecule has 0 bridgehead atoms. The lowest BCUT2D eigenvalue weighted by molar-refractivity contribution is -0.139. The van der Waals surface area contributed by atoms with Crippen LogP contribution in [0.1, 0.15) is 12.8 Å². The number of Topliss-reactive ketones (excluding diaryl/α,β-unsaturated/α-hetero) is 1. The summed E-state index contributed by atoms with van der Waals surface area (Å²) < 4.78 is 5.07. The molecule has 1 rings (SSSR count). The molecule has 0 aromatic rings. The number of carbonyl (C=O) groups is 1. The molecule has 1 saturated carbocycles.